The number of aryl methyl sites for hydroxylation is 1. The molecule has 0 aliphatic heterocycles. The second-order valence-electron chi connectivity index (χ2n) is 3.62. The average Bonchev–Trinajstić information content (AvgIpc) is 2.76. The molecule has 18 heavy (non-hydrogen) atoms. The van der Waals surface area contributed by atoms with Crippen LogP contribution in [0.4, 0.5) is 4.79 Å². The highest BCUT2D eigenvalue weighted by atomic mass is 16.6. The van der Waals surface area contributed by atoms with Crippen LogP contribution in [0.5, 0.6) is 5.75 Å². The van der Waals surface area contributed by atoms with E-state index in [4.69, 9.17) is 4.74 Å². The summed E-state index contributed by atoms with van der Waals surface area (Å²) in [4.78, 5) is 11.4. The van der Waals surface area contributed by atoms with Gasteiger partial charge in [-0.25, -0.2) is 10.2 Å². The van der Waals surface area contributed by atoms with Crippen LogP contribution in [0.25, 0.3) is 0 Å². The van der Waals surface area contributed by atoms with Crippen LogP contribution in [0.3, 0.4) is 0 Å². The van der Waals surface area contributed by atoms with Crippen molar-refractivity contribution in [2.75, 3.05) is 0 Å². The predicted molar refractivity (Wildman–Crippen MR) is 68.6 cm³/mol. The van der Waals surface area contributed by atoms with Gasteiger partial charge in [-0.05, 0) is 24.3 Å². The van der Waals surface area contributed by atoms with Gasteiger partial charge in [-0.1, -0.05) is 18.2 Å². The molecule has 1 N–H and O–H groups in total. The van der Waals surface area contributed by atoms with E-state index in [2.05, 4.69) is 10.5 Å². The highest BCUT2D eigenvalue weighted by molar-refractivity contribution is 5.79. The van der Waals surface area contributed by atoms with Gasteiger partial charge in [-0.15, -0.1) is 0 Å². The van der Waals surface area contributed by atoms with Gasteiger partial charge in [0, 0.05) is 13.2 Å². The molecule has 0 fully saturated rings. The first-order valence-electron chi connectivity index (χ1n) is 5.43. The third kappa shape index (κ3) is 3.21. The number of ether oxygens (including phenoxy) is 1. The van der Waals surface area contributed by atoms with E-state index in [0.717, 1.165) is 5.69 Å². The fourth-order valence-corrected chi connectivity index (χ4v) is 1.38. The molecule has 5 heteroatoms. The molecule has 0 aliphatic rings. The number of hydrogen-bond donors (Lipinski definition) is 1. The monoisotopic (exact) mass is 243 g/mol. The van der Waals surface area contributed by atoms with Gasteiger partial charge in [0.05, 0.1) is 11.9 Å². The van der Waals surface area contributed by atoms with Crippen LogP contribution in [0.15, 0.2) is 53.8 Å². The molecule has 0 spiro atoms. The Morgan fingerprint density at radius 1 is 1.28 bits per heavy atom. The Kier molecular flexibility index (Phi) is 3.76. The summed E-state index contributed by atoms with van der Waals surface area (Å²) in [6.07, 6.45) is 2.82. The highest BCUT2D eigenvalue weighted by Gasteiger charge is 2.01. The van der Waals surface area contributed by atoms with E-state index in [0.29, 0.717) is 5.75 Å². The maximum atomic E-state index is 11.4. The van der Waals surface area contributed by atoms with E-state index in [1.165, 1.54) is 0 Å². The first-order chi connectivity index (χ1) is 8.75. The Hall–Kier alpha value is -2.56. The van der Waals surface area contributed by atoms with Crippen LogP contribution in [-0.4, -0.2) is 16.9 Å². The summed E-state index contributed by atoms with van der Waals surface area (Å²) < 4.78 is 6.88. The van der Waals surface area contributed by atoms with Crippen LogP contribution >= 0.6 is 0 Å². The number of carbonyl (C=O) groups is 1. The summed E-state index contributed by atoms with van der Waals surface area (Å²) in [5, 5.41) is 3.80. The minimum atomic E-state index is -0.619. The lowest BCUT2D eigenvalue weighted by Crippen LogP contribution is -2.21. The summed E-state index contributed by atoms with van der Waals surface area (Å²) in [6.45, 7) is 0. The standard InChI is InChI=1S/C13H13N3O2/c1-16-9-5-6-11(16)10-14-15-13(17)18-12-7-3-2-4-8-12/h2-10H,1H3,(H,15,17). The van der Waals surface area contributed by atoms with Crippen molar-refractivity contribution in [3.8, 4) is 5.75 Å². The smallest absolute Gasteiger partial charge is 0.409 e. The number of benzene rings is 1. The largest absolute Gasteiger partial charge is 0.433 e. The molecule has 0 saturated heterocycles. The number of hydrogen-bond acceptors (Lipinski definition) is 3. The summed E-state index contributed by atoms with van der Waals surface area (Å²) in [5.74, 6) is 0.476. The zero-order valence-electron chi connectivity index (χ0n) is 9.91. The van der Waals surface area contributed by atoms with Gasteiger partial charge in [0.25, 0.3) is 0 Å². The minimum absolute atomic E-state index is 0.476. The zero-order chi connectivity index (χ0) is 12.8. The van der Waals surface area contributed by atoms with Gasteiger partial charge in [-0.3, -0.25) is 0 Å². The van der Waals surface area contributed by atoms with Crippen molar-refractivity contribution in [2.45, 2.75) is 0 Å². The quantitative estimate of drug-likeness (QED) is 0.663. The number of carbonyl (C=O) groups excluding carboxylic acids is 1. The maximum Gasteiger partial charge on any atom is 0.433 e. The van der Waals surface area contributed by atoms with Crippen LogP contribution in [0.2, 0.25) is 0 Å². The first kappa shape index (κ1) is 11.9. The molecule has 1 heterocycles. The Balaban J connectivity index is 1.86. The van der Waals surface area contributed by atoms with Gasteiger partial charge in [0.2, 0.25) is 0 Å². The average molecular weight is 243 g/mol. The molecule has 2 rings (SSSR count). The second-order valence-corrected chi connectivity index (χ2v) is 3.62. The predicted octanol–water partition coefficient (Wildman–Crippen LogP) is 2.15. The molecule has 2 aromatic rings. The molecule has 1 aromatic carbocycles. The van der Waals surface area contributed by atoms with Gasteiger partial charge < -0.3 is 9.30 Å². The Morgan fingerprint density at radius 2 is 2.06 bits per heavy atom. The van der Waals surface area contributed by atoms with Crippen LogP contribution in [0.1, 0.15) is 5.69 Å². The third-order valence-corrected chi connectivity index (χ3v) is 2.29. The summed E-state index contributed by atoms with van der Waals surface area (Å²) >= 11 is 0. The van der Waals surface area contributed by atoms with E-state index < -0.39 is 6.09 Å². The Labute approximate surface area is 105 Å². The van der Waals surface area contributed by atoms with Crippen LogP contribution in [0, 0.1) is 0 Å². The zero-order valence-corrected chi connectivity index (χ0v) is 9.91. The fraction of sp³-hybridized carbons (Fsp3) is 0.0769. The van der Waals surface area contributed by atoms with Gasteiger partial charge in [-0.2, -0.15) is 5.10 Å². The number of amides is 1. The molecule has 0 saturated carbocycles. The molecule has 0 atom stereocenters. The molecule has 0 unspecified atom stereocenters. The van der Waals surface area contributed by atoms with Crippen molar-refractivity contribution in [3.63, 3.8) is 0 Å². The SMILES string of the molecule is Cn1cccc1C=NNC(=O)Oc1ccccc1. The van der Waals surface area contributed by atoms with Crippen molar-refractivity contribution < 1.29 is 9.53 Å². The van der Waals surface area contributed by atoms with Crippen molar-refractivity contribution in [2.24, 2.45) is 12.1 Å². The molecular weight excluding hydrogens is 230 g/mol. The maximum absolute atomic E-state index is 11.4. The second kappa shape index (κ2) is 5.67. The molecule has 5 nitrogen and oxygen atoms in total. The van der Waals surface area contributed by atoms with Gasteiger partial charge in [0.1, 0.15) is 5.75 Å². The third-order valence-electron chi connectivity index (χ3n) is 2.29. The first-order valence-corrected chi connectivity index (χ1v) is 5.43. The number of para-hydroxylation sites is 1. The number of aromatic nitrogens is 1. The molecule has 0 bridgehead atoms. The molecular formula is C13H13N3O2. The fourth-order valence-electron chi connectivity index (χ4n) is 1.38. The minimum Gasteiger partial charge on any atom is -0.409 e. The van der Waals surface area contributed by atoms with Crippen molar-refractivity contribution in [1.29, 1.82) is 0 Å². The number of nitrogens with one attached hydrogen (secondary N) is 1. The van der Waals surface area contributed by atoms with Crippen LogP contribution < -0.4 is 10.2 Å². The topological polar surface area (TPSA) is 55.6 Å². The highest BCUT2D eigenvalue weighted by Crippen LogP contribution is 2.07. The number of nitrogens with zero attached hydrogens (tertiary/aromatic N) is 2. The molecule has 1 amide bonds. The number of hydrazone groups is 1. The van der Waals surface area contributed by atoms with E-state index in [9.17, 15) is 4.79 Å². The van der Waals surface area contributed by atoms with E-state index in [1.807, 2.05) is 36.0 Å². The molecule has 1 aromatic heterocycles. The van der Waals surface area contributed by atoms with Gasteiger partial charge in [0.15, 0.2) is 0 Å². The molecule has 0 aliphatic carbocycles. The van der Waals surface area contributed by atoms with E-state index >= 15 is 0 Å². The van der Waals surface area contributed by atoms with Crippen LogP contribution in [-0.2, 0) is 7.05 Å². The normalized spacial score (nSPS) is 10.5. The van der Waals surface area contributed by atoms with Gasteiger partial charge >= 0.3 is 6.09 Å². The molecule has 92 valence electrons. The Bertz CT molecular complexity index is 546. The summed E-state index contributed by atoms with van der Waals surface area (Å²) in [6, 6.07) is 12.6. The summed E-state index contributed by atoms with van der Waals surface area (Å²) in [7, 11) is 1.89. The number of rotatable bonds is 3. The summed E-state index contributed by atoms with van der Waals surface area (Å²) in [5.41, 5.74) is 3.18. The lowest BCUT2D eigenvalue weighted by atomic mass is 10.3. The van der Waals surface area contributed by atoms with E-state index in [1.54, 1.807) is 30.5 Å². The lowest BCUT2D eigenvalue weighted by molar-refractivity contribution is 0.201. The Morgan fingerprint density at radius 3 is 2.72 bits per heavy atom. The van der Waals surface area contributed by atoms with Crippen molar-refractivity contribution >= 4 is 12.3 Å². The van der Waals surface area contributed by atoms with E-state index in [-0.39, 0.29) is 0 Å². The van der Waals surface area contributed by atoms with Crippen molar-refractivity contribution in [3.05, 3.63) is 54.4 Å². The lowest BCUT2D eigenvalue weighted by Gasteiger charge is -2.02. The molecule has 0 radical (unpaired) electrons. The van der Waals surface area contributed by atoms with Crippen molar-refractivity contribution in [1.82, 2.24) is 9.99 Å².